The van der Waals surface area contributed by atoms with Crippen molar-refractivity contribution in [1.82, 2.24) is 19.9 Å². The van der Waals surface area contributed by atoms with Crippen molar-refractivity contribution < 1.29 is 4.39 Å². The molecule has 0 saturated heterocycles. The maximum atomic E-state index is 12.8. The van der Waals surface area contributed by atoms with E-state index in [9.17, 15) is 4.39 Å². The third kappa shape index (κ3) is 2.19. The molecule has 0 aromatic carbocycles. The molecule has 0 aliphatic rings. The number of imidazole rings is 1. The van der Waals surface area contributed by atoms with Crippen LogP contribution in [0.5, 0.6) is 0 Å². The van der Waals surface area contributed by atoms with Crippen molar-refractivity contribution in [2.75, 3.05) is 7.05 Å². The lowest BCUT2D eigenvalue weighted by Gasteiger charge is -2.25. The first-order valence-corrected chi connectivity index (χ1v) is 5.38. The summed E-state index contributed by atoms with van der Waals surface area (Å²) >= 11 is 0. The molecule has 0 aliphatic carbocycles. The number of rotatable bonds is 3. The SMILES string of the molecule is CNC(C)(C)c1cncn1-c1ccc(F)cn1. The maximum Gasteiger partial charge on any atom is 0.141 e. The van der Waals surface area contributed by atoms with Crippen molar-refractivity contribution in [3.8, 4) is 5.82 Å². The van der Waals surface area contributed by atoms with Crippen LogP contribution in [0.1, 0.15) is 19.5 Å². The highest BCUT2D eigenvalue weighted by molar-refractivity contribution is 5.28. The average Bonchev–Trinajstić information content (AvgIpc) is 2.80. The molecule has 2 aromatic heterocycles. The van der Waals surface area contributed by atoms with Gasteiger partial charge in [-0.25, -0.2) is 14.4 Å². The van der Waals surface area contributed by atoms with Gasteiger partial charge in [-0.1, -0.05) is 0 Å². The molecule has 1 N–H and O–H groups in total. The molecule has 0 amide bonds. The van der Waals surface area contributed by atoms with Gasteiger partial charge in [0.2, 0.25) is 0 Å². The number of halogens is 1. The molecule has 2 rings (SSSR count). The highest BCUT2D eigenvalue weighted by Crippen LogP contribution is 2.21. The van der Waals surface area contributed by atoms with E-state index < -0.39 is 0 Å². The van der Waals surface area contributed by atoms with Crippen LogP contribution in [0.25, 0.3) is 5.82 Å². The molecule has 0 atom stereocenters. The molecule has 0 fully saturated rings. The number of pyridine rings is 1. The van der Waals surface area contributed by atoms with Gasteiger partial charge >= 0.3 is 0 Å². The zero-order valence-electron chi connectivity index (χ0n) is 10.1. The van der Waals surface area contributed by atoms with Crippen molar-refractivity contribution in [1.29, 1.82) is 0 Å². The van der Waals surface area contributed by atoms with E-state index in [1.165, 1.54) is 12.3 Å². The van der Waals surface area contributed by atoms with Crippen LogP contribution in [0.15, 0.2) is 30.9 Å². The summed E-state index contributed by atoms with van der Waals surface area (Å²) in [6, 6.07) is 3.02. The highest BCUT2D eigenvalue weighted by Gasteiger charge is 2.23. The van der Waals surface area contributed by atoms with Gasteiger partial charge in [-0.05, 0) is 33.0 Å². The summed E-state index contributed by atoms with van der Waals surface area (Å²) in [5.41, 5.74) is 0.742. The van der Waals surface area contributed by atoms with E-state index in [1.807, 2.05) is 25.5 Å². The number of aromatic nitrogens is 3. The van der Waals surface area contributed by atoms with Crippen LogP contribution in [0, 0.1) is 5.82 Å². The summed E-state index contributed by atoms with van der Waals surface area (Å²) in [6.45, 7) is 4.09. The Morgan fingerprint density at radius 1 is 1.29 bits per heavy atom. The van der Waals surface area contributed by atoms with Crippen molar-refractivity contribution >= 4 is 0 Å². The Kier molecular flexibility index (Phi) is 2.93. The second-order valence-electron chi connectivity index (χ2n) is 4.36. The lowest BCUT2D eigenvalue weighted by Crippen LogP contribution is -2.35. The molecule has 90 valence electrons. The molecule has 4 nitrogen and oxygen atoms in total. The van der Waals surface area contributed by atoms with Crippen LogP contribution >= 0.6 is 0 Å². The largest absolute Gasteiger partial charge is 0.310 e. The smallest absolute Gasteiger partial charge is 0.141 e. The third-order valence-corrected chi connectivity index (χ3v) is 2.86. The first-order valence-electron chi connectivity index (χ1n) is 5.38. The summed E-state index contributed by atoms with van der Waals surface area (Å²) in [4.78, 5) is 8.17. The molecule has 0 unspecified atom stereocenters. The van der Waals surface area contributed by atoms with Gasteiger partial charge in [-0.15, -0.1) is 0 Å². The third-order valence-electron chi connectivity index (χ3n) is 2.86. The van der Waals surface area contributed by atoms with E-state index >= 15 is 0 Å². The van der Waals surface area contributed by atoms with E-state index in [4.69, 9.17) is 0 Å². The normalized spacial score (nSPS) is 11.8. The number of hydrogen-bond acceptors (Lipinski definition) is 3. The van der Waals surface area contributed by atoms with Gasteiger partial charge in [0, 0.05) is 0 Å². The fraction of sp³-hybridized carbons (Fsp3) is 0.333. The van der Waals surface area contributed by atoms with Gasteiger partial charge < -0.3 is 5.32 Å². The number of nitrogens with zero attached hydrogens (tertiary/aromatic N) is 3. The van der Waals surface area contributed by atoms with Gasteiger partial charge in [0.25, 0.3) is 0 Å². The molecule has 0 radical (unpaired) electrons. The first kappa shape index (κ1) is 11.7. The number of nitrogens with one attached hydrogen (secondary N) is 1. The fourth-order valence-corrected chi connectivity index (χ4v) is 1.58. The van der Waals surface area contributed by atoms with Crippen LogP contribution < -0.4 is 5.32 Å². The molecule has 0 bridgehead atoms. The topological polar surface area (TPSA) is 42.7 Å². The van der Waals surface area contributed by atoms with Gasteiger partial charge in [0.1, 0.15) is 18.0 Å². The Labute approximate surface area is 99.5 Å². The van der Waals surface area contributed by atoms with Crippen molar-refractivity contribution in [2.24, 2.45) is 0 Å². The van der Waals surface area contributed by atoms with Crippen molar-refractivity contribution in [3.63, 3.8) is 0 Å². The molecule has 0 spiro atoms. The molecule has 5 heteroatoms. The van der Waals surface area contributed by atoms with E-state index in [1.54, 1.807) is 18.6 Å². The minimum atomic E-state index is -0.344. The lowest BCUT2D eigenvalue weighted by atomic mass is 10.0. The monoisotopic (exact) mass is 234 g/mol. The zero-order chi connectivity index (χ0) is 12.5. The predicted molar refractivity (Wildman–Crippen MR) is 63.4 cm³/mol. The molecule has 2 heterocycles. The molecule has 0 aliphatic heterocycles. The van der Waals surface area contributed by atoms with Gasteiger partial charge in [0.15, 0.2) is 0 Å². The summed E-state index contributed by atoms with van der Waals surface area (Å²) in [5.74, 6) is 0.311. The summed E-state index contributed by atoms with van der Waals surface area (Å²) in [6.07, 6.45) is 4.65. The Morgan fingerprint density at radius 3 is 2.65 bits per heavy atom. The predicted octanol–water partition coefficient (Wildman–Crippen LogP) is 1.86. The molecular weight excluding hydrogens is 219 g/mol. The first-order chi connectivity index (χ1) is 8.04. The Bertz CT molecular complexity index is 501. The fourth-order valence-electron chi connectivity index (χ4n) is 1.58. The van der Waals surface area contributed by atoms with Crippen molar-refractivity contribution in [2.45, 2.75) is 19.4 Å². The van der Waals surface area contributed by atoms with E-state index in [0.717, 1.165) is 5.69 Å². The van der Waals surface area contributed by atoms with Crippen LogP contribution in [0.4, 0.5) is 4.39 Å². The second-order valence-corrected chi connectivity index (χ2v) is 4.36. The average molecular weight is 234 g/mol. The van der Waals surface area contributed by atoms with Gasteiger partial charge in [-0.3, -0.25) is 4.57 Å². The zero-order valence-corrected chi connectivity index (χ0v) is 10.1. The molecule has 2 aromatic rings. The lowest BCUT2D eigenvalue weighted by molar-refractivity contribution is 0.424. The Morgan fingerprint density at radius 2 is 2.06 bits per heavy atom. The van der Waals surface area contributed by atoms with E-state index in [0.29, 0.717) is 5.82 Å². The van der Waals surface area contributed by atoms with Crippen LogP contribution in [-0.2, 0) is 5.54 Å². The standard InChI is InChI=1S/C12H15FN4/c1-12(2,14-3)10-7-15-8-17(10)11-5-4-9(13)6-16-11/h4-8,14H,1-3H3. The number of hydrogen-bond donors (Lipinski definition) is 1. The van der Waals surface area contributed by atoms with Crippen LogP contribution in [0.3, 0.4) is 0 Å². The molecule has 17 heavy (non-hydrogen) atoms. The summed E-state index contributed by atoms with van der Waals surface area (Å²) < 4.78 is 14.7. The molecular formula is C12H15FN4. The van der Waals surface area contributed by atoms with Gasteiger partial charge in [-0.2, -0.15) is 0 Å². The minimum absolute atomic E-state index is 0.230. The Hall–Kier alpha value is -1.75. The van der Waals surface area contributed by atoms with E-state index in [-0.39, 0.29) is 11.4 Å². The highest BCUT2D eigenvalue weighted by atomic mass is 19.1. The minimum Gasteiger partial charge on any atom is -0.310 e. The summed E-state index contributed by atoms with van der Waals surface area (Å²) in [7, 11) is 1.88. The second kappa shape index (κ2) is 4.25. The van der Waals surface area contributed by atoms with Crippen LogP contribution in [0.2, 0.25) is 0 Å². The van der Waals surface area contributed by atoms with Crippen LogP contribution in [-0.4, -0.2) is 21.6 Å². The van der Waals surface area contributed by atoms with Crippen molar-refractivity contribution in [3.05, 3.63) is 42.4 Å². The Balaban J connectivity index is 2.47. The summed E-state index contributed by atoms with van der Waals surface area (Å²) in [5, 5.41) is 3.20. The quantitative estimate of drug-likeness (QED) is 0.881. The maximum absolute atomic E-state index is 12.8. The molecule has 0 saturated carbocycles. The van der Waals surface area contributed by atoms with E-state index in [2.05, 4.69) is 15.3 Å². The van der Waals surface area contributed by atoms with Gasteiger partial charge in [0.05, 0.1) is 23.6 Å².